The molecule has 0 aromatic rings. The quantitative estimate of drug-likeness (QED) is 0.759. The molecule has 2 atom stereocenters. The van der Waals surface area contributed by atoms with Crippen molar-refractivity contribution in [3.05, 3.63) is 0 Å². The molecule has 2 fully saturated rings. The lowest BCUT2D eigenvalue weighted by molar-refractivity contribution is -0.137. The van der Waals surface area contributed by atoms with Gasteiger partial charge in [0.15, 0.2) is 0 Å². The second-order valence-electron chi connectivity index (χ2n) is 4.21. The fourth-order valence-electron chi connectivity index (χ4n) is 2.45. The summed E-state index contributed by atoms with van der Waals surface area (Å²) < 4.78 is 0. The number of hydrogen-bond acceptors (Lipinski definition) is 2. The Morgan fingerprint density at radius 3 is 2.69 bits per heavy atom. The van der Waals surface area contributed by atoms with Gasteiger partial charge in [0.25, 0.3) is 0 Å². The number of carboxylic acids is 1. The molecule has 74 valence electrons. The minimum absolute atomic E-state index is 0.411. The summed E-state index contributed by atoms with van der Waals surface area (Å²) in [6, 6.07) is 0. The van der Waals surface area contributed by atoms with Gasteiger partial charge in [0, 0.05) is 6.42 Å². The first-order chi connectivity index (χ1) is 6.27. The van der Waals surface area contributed by atoms with Crippen molar-refractivity contribution < 1.29 is 9.90 Å². The second-order valence-corrected chi connectivity index (χ2v) is 5.43. The van der Waals surface area contributed by atoms with Crippen LogP contribution >= 0.6 is 11.8 Å². The first-order valence-corrected chi connectivity index (χ1v) is 6.22. The van der Waals surface area contributed by atoms with Crippen LogP contribution in [0.2, 0.25) is 0 Å². The SMILES string of the molecule is O=C(O)CC1CC1C1CCSCC1. The van der Waals surface area contributed by atoms with Crippen LogP contribution in [0.5, 0.6) is 0 Å². The fraction of sp³-hybridized carbons (Fsp3) is 0.900. The summed E-state index contributed by atoms with van der Waals surface area (Å²) in [6.45, 7) is 0. The van der Waals surface area contributed by atoms with Crippen molar-refractivity contribution in [2.45, 2.75) is 25.7 Å². The minimum atomic E-state index is -0.613. The van der Waals surface area contributed by atoms with Crippen LogP contribution in [0, 0.1) is 17.8 Å². The molecule has 1 saturated carbocycles. The predicted octanol–water partition coefficient (Wildman–Crippen LogP) is 2.24. The Morgan fingerprint density at radius 1 is 1.38 bits per heavy atom. The van der Waals surface area contributed by atoms with E-state index in [2.05, 4.69) is 0 Å². The Bertz CT molecular complexity index is 199. The summed E-state index contributed by atoms with van der Waals surface area (Å²) in [6.07, 6.45) is 4.24. The maximum absolute atomic E-state index is 10.5. The van der Waals surface area contributed by atoms with Gasteiger partial charge in [-0.15, -0.1) is 0 Å². The maximum Gasteiger partial charge on any atom is 0.303 e. The van der Waals surface area contributed by atoms with Crippen molar-refractivity contribution in [2.75, 3.05) is 11.5 Å². The number of carboxylic acid groups (broad SMARTS) is 1. The molecular weight excluding hydrogens is 184 g/mol. The number of rotatable bonds is 3. The summed E-state index contributed by atoms with van der Waals surface area (Å²) in [4.78, 5) is 10.5. The molecule has 13 heavy (non-hydrogen) atoms. The van der Waals surface area contributed by atoms with Gasteiger partial charge in [0.2, 0.25) is 0 Å². The van der Waals surface area contributed by atoms with E-state index in [4.69, 9.17) is 5.11 Å². The second kappa shape index (κ2) is 3.91. The van der Waals surface area contributed by atoms with Gasteiger partial charge in [0.05, 0.1) is 0 Å². The van der Waals surface area contributed by atoms with Gasteiger partial charge in [-0.05, 0) is 48.5 Å². The van der Waals surface area contributed by atoms with Gasteiger partial charge in [-0.1, -0.05) is 0 Å². The van der Waals surface area contributed by atoms with E-state index in [0.717, 1.165) is 11.8 Å². The number of hydrogen-bond donors (Lipinski definition) is 1. The lowest BCUT2D eigenvalue weighted by atomic mass is 9.95. The van der Waals surface area contributed by atoms with Gasteiger partial charge >= 0.3 is 5.97 Å². The van der Waals surface area contributed by atoms with Crippen molar-refractivity contribution in [1.29, 1.82) is 0 Å². The molecule has 2 unspecified atom stereocenters. The van der Waals surface area contributed by atoms with Crippen LogP contribution < -0.4 is 0 Å². The Balaban J connectivity index is 1.74. The molecule has 1 aliphatic carbocycles. The van der Waals surface area contributed by atoms with Crippen LogP contribution in [-0.2, 0) is 4.79 Å². The van der Waals surface area contributed by atoms with Crippen LogP contribution in [0.4, 0.5) is 0 Å². The van der Waals surface area contributed by atoms with Crippen molar-refractivity contribution >= 4 is 17.7 Å². The summed E-state index contributed by atoms with van der Waals surface area (Å²) in [5, 5.41) is 8.64. The van der Waals surface area contributed by atoms with Gasteiger partial charge < -0.3 is 5.11 Å². The zero-order valence-electron chi connectivity index (χ0n) is 7.74. The van der Waals surface area contributed by atoms with Crippen LogP contribution in [0.3, 0.4) is 0 Å². The molecule has 0 aromatic carbocycles. The Hall–Kier alpha value is -0.180. The normalized spacial score (nSPS) is 34.5. The van der Waals surface area contributed by atoms with E-state index in [1.54, 1.807) is 0 Å². The summed E-state index contributed by atoms with van der Waals surface area (Å²) in [5.41, 5.74) is 0. The summed E-state index contributed by atoms with van der Waals surface area (Å²) in [5.74, 6) is 4.10. The number of aliphatic carboxylic acids is 1. The molecular formula is C10H16O2S. The Kier molecular flexibility index (Phi) is 2.82. The third-order valence-corrected chi connectivity index (χ3v) is 4.33. The lowest BCUT2D eigenvalue weighted by Gasteiger charge is -2.21. The molecule has 2 rings (SSSR count). The van der Waals surface area contributed by atoms with Crippen molar-refractivity contribution in [1.82, 2.24) is 0 Å². The zero-order chi connectivity index (χ0) is 9.26. The molecule has 1 saturated heterocycles. The zero-order valence-corrected chi connectivity index (χ0v) is 8.55. The number of carbonyl (C=O) groups is 1. The molecule has 1 heterocycles. The first-order valence-electron chi connectivity index (χ1n) is 5.07. The van der Waals surface area contributed by atoms with Crippen molar-refractivity contribution in [3.63, 3.8) is 0 Å². The monoisotopic (exact) mass is 200 g/mol. The van der Waals surface area contributed by atoms with Crippen LogP contribution in [-0.4, -0.2) is 22.6 Å². The molecule has 0 spiro atoms. The van der Waals surface area contributed by atoms with E-state index in [9.17, 15) is 4.79 Å². The van der Waals surface area contributed by atoms with E-state index in [-0.39, 0.29) is 0 Å². The minimum Gasteiger partial charge on any atom is -0.481 e. The van der Waals surface area contributed by atoms with Gasteiger partial charge in [-0.3, -0.25) is 4.79 Å². The molecule has 1 aliphatic heterocycles. The van der Waals surface area contributed by atoms with E-state index < -0.39 is 5.97 Å². The Morgan fingerprint density at radius 2 is 2.08 bits per heavy atom. The molecule has 2 aliphatic rings. The summed E-state index contributed by atoms with van der Waals surface area (Å²) >= 11 is 2.04. The molecule has 3 heteroatoms. The van der Waals surface area contributed by atoms with Gasteiger partial charge in [0.1, 0.15) is 0 Å². The average molecular weight is 200 g/mol. The molecule has 0 bridgehead atoms. The molecule has 1 N–H and O–H groups in total. The average Bonchev–Trinajstić information content (AvgIpc) is 2.84. The van der Waals surface area contributed by atoms with Crippen LogP contribution in [0.15, 0.2) is 0 Å². The van der Waals surface area contributed by atoms with Gasteiger partial charge in [-0.25, -0.2) is 0 Å². The predicted molar refractivity (Wildman–Crippen MR) is 53.9 cm³/mol. The van der Waals surface area contributed by atoms with E-state index in [1.165, 1.54) is 30.8 Å². The topological polar surface area (TPSA) is 37.3 Å². The molecule has 0 aromatic heterocycles. The summed E-state index contributed by atoms with van der Waals surface area (Å²) in [7, 11) is 0. The standard InChI is InChI=1S/C10H16O2S/c11-10(12)6-8-5-9(8)7-1-3-13-4-2-7/h7-9H,1-6H2,(H,11,12). The highest BCUT2D eigenvalue weighted by Crippen LogP contribution is 2.50. The van der Waals surface area contributed by atoms with Crippen molar-refractivity contribution in [2.24, 2.45) is 17.8 Å². The largest absolute Gasteiger partial charge is 0.481 e. The highest BCUT2D eigenvalue weighted by molar-refractivity contribution is 7.99. The van der Waals surface area contributed by atoms with Crippen LogP contribution in [0.25, 0.3) is 0 Å². The number of thioether (sulfide) groups is 1. The first kappa shape index (κ1) is 9.38. The highest BCUT2D eigenvalue weighted by atomic mass is 32.2. The molecule has 2 nitrogen and oxygen atoms in total. The third-order valence-electron chi connectivity index (χ3n) is 3.29. The molecule has 0 amide bonds. The molecule has 0 radical (unpaired) electrons. The maximum atomic E-state index is 10.5. The van der Waals surface area contributed by atoms with Crippen molar-refractivity contribution in [3.8, 4) is 0 Å². The lowest BCUT2D eigenvalue weighted by Crippen LogP contribution is -2.13. The highest BCUT2D eigenvalue weighted by Gasteiger charge is 2.43. The van der Waals surface area contributed by atoms with Crippen LogP contribution in [0.1, 0.15) is 25.7 Å². The van der Waals surface area contributed by atoms with E-state index in [0.29, 0.717) is 12.3 Å². The fourth-order valence-corrected chi connectivity index (χ4v) is 3.59. The van der Waals surface area contributed by atoms with Gasteiger partial charge in [-0.2, -0.15) is 11.8 Å². The Labute approximate surface area is 83.1 Å². The van der Waals surface area contributed by atoms with E-state index >= 15 is 0 Å². The smallest absolute Gasteiger partial charge is 0.303 e. The third kappa shape index (κ3) is 2.39. The van der Waals surface area contributed by atoms with E-state index in [1.807, 2.05) is 11.8 Å².